The SMILES string of the molecule is CC(Nc1ccc(C(=O)NCCc2c[nH]c3ccccc23)nn1)c1ccccc1. The highest BCUT2D eigenvalue weighted by molar-refractivity contribution is 5.92. The van der Waals surface area contributed by atoms with Gasteiger partial charge in [0.2, 0.25) is 0 Å². The Morgan fingerprint density at radius 1 is 1.00 bits per heavy atom. The van der Waals surface area contributed by atoms with Crippen LogP contribution < -0.4 is 10.6 Å². The van der Waals surface area contributed by atoms with Crippen LogP contribution in [0, 0.1) is 0 Å². The van der Waals surface area contributed by atoms with Crippen molar-refractivity contribution in [3.63, 3.8) is 0 Å². The average molecular weight is 385 g/mol. The van der Waals surface area contributed by atoms with Gasteiger partial charge >= 0.3 is 0 Å². The van der Waals surface area contributed by atoms with Crippen LogP contribution in [0.5, 0.6) is 0 Å². The molecule has 0 aliphatic carbocycles. The number of amides is 1. The number of fused-ring (bicyclic) bond motifs is 1. The fraction of sp³-hybridized carbons (Fsp3) is 0.174. The molecule has 0 fully saturated rings. The molecule has 2 heterocycles. The molecule has 0 saturated carbocycles. The molecule has 0 aliphatic rings. The van der Waals surface area contributed by atoms with E-state index in [4.69, 9.17) is 0 Å². The minimum absolute atomic E-state index is 0.0985. The van der Waals surface area contributed by atoms with E-state index in [1.54, 1.807) is 12.1 Å². The standard InChI is InChI=1S/C23H23N5O/c1-16(17-7-3-2-4-8-17)26-22-12-11-21(27-28-22)23(29)24-14-13-18-15-25-20-10-6-5-9-19(18)20/h2-12,15-16,25H,13-14H2,1H3,(H,24,29)(H,26,28). The summed E-state index contributed by atoms with van der Waals surface area (Å²) in [6, 6.07) is 21.8. The number of benzene rings is 2. The maximum absolute atomic E-state index is 12.3. The van der Waals surface area contributed by atoms with Crippen molar-refractivity contribution in [2.45, 2.75) is 19.4 Å². The van der Waals surface area contributed by atoms with E-state index >= 15 is 0 Å². The van der Waals surface area contributed by atoms with Gasteiger partial charge in [0, 0.05) is 29.7 Å². The molecular weight excluding hydrogens is 362 g/mol. The average Bonchev–Trinajstić information content (AvgIpc) is 3.18. The van der Waals surface area contributed by atoms with Gasteiger partial charge in [0.25, 0.3) is 5.91 Å². The van der Waals surface area contributed by atoms with Crippen molar-refractivity contribution < 1.29 is 4.79 Å². The molecule has 2 aromatic carbocycles. The molecule has 4 aromatic rings. The Balaban J connectivity index is 1.31. The molecular formula is C23H23N5O. The third-order valence-corrected chi connectivity index (χ3v) is 4.92. The van der Waals surface area contributed by atoms with Gasteiger partial charge < -0.3 is 15.6 Å². The maximum Gasteiger partial charge on any atom is 0.271 e. The molecule has 1 atom stereocenters. The summed E-state index contributed by atoms with van der Waals surface area (Å²) in [7, 11) is 0. The third-order valence-electron chi connectivity index (χ3n) is 4.92. The number of anilines is 1. The van der Waals surface area contributed by atoms with Crippen LogP contribution in [0.4, 0.5) is 5.82 Å². The second-order valence-electron chi connectivity index (χ2n) is 6.95. The summed E-state index contributed by atoms with van der Waals surface area (Å²) in [4.78, 5) is 15.6. The third kappa shape index (κ3) is 4.43. The van der Waals surface area contributed by atoms with Gasteiger partial charge in [-0.1, -0.05) is 48.5 Å². The van der Waals surface area contributed by atoms with Crippen LogP contribution >= 0.6 is 0 Å². The predicted octanol–water partition coefficient (Wildman–Crippen LogP) is 4.10. The highest BCUT2D eigenvalue weighted by atomic mass is 16.1. The van der Waals surface area contributed by atoms with Crippen LogP contribution in [-0.2, 0) is 6.42 Å². The van der Waals surface area contributed by atoms with Gasteiger partial charge in [-0.05, 0) is 42.7 Å². The molecule has 146 valence electrons. The molecule has 29 heavy (non-hydrogen) atoms. The van der Waals surface area contributed by atoms with Crippen molar-refractivity contribution in [2.24, 2.45) is 0 Å². The number of carbonyl (C=O) groups excluding carboxylic acids is 1. The summed E-state index contributed by atoms with van der Waals surface area (Å²) < 4.78 is 0. The Hall–Kier alpha value is -3.67. The second kappa shape index (κ2) is 8.56. The molecule has 6 nitrogen and oxygen atoms in total. The number of H-pyrrole nitrogens is 1. The summed E-state index contributed by atoms with van der Waals surface area (Å²) in [5.41, 5.74) is 3.75. The monoisotopic (exact) mass is 385 g/mol. The normalized spacial score (nSPS) is 11.9. The first-order valence-electron chi connectivity index (χ1n) is 9.69. The van der Waals surface area contributed by atoms with Crippen LogP contribution in [0.25, 0.3) is 10.9 Å². The lowest BCUT2D eigenvalue weighted by Crippen LogP contribution is -2.26. The van der Waals surface area contributed by atoms with Crippen LogP contribution in [0.1, 0.15) is 34.6 Å². The molecule has 1 amide bonds. The number of hydrogen-bond acceptors (Lipinski definition) is 4. The van der Waals surface area contributed by atoms with Crippen molar-refractivity contribution >= 4 is 22.6 Å². The van der Waals surface area contributed by atoms with Crippen LogP contribution in [0.2, 0.25) is 0 Å². The molecule has 0 saturated heterocycles. The van der Waals surface area contributed by atoms with Gasteiger partial charge in [-0.3, -0.25) is 4.79 Å². The Labute approximate surface area is 169 Å². The minimum Gasteiger partial charge on any atom is -0.362 e. The first-order chi connectivity index (χ1) is 14.2. The van der Waals surface area contributed by atoms with E-state index in [0.29, 0.717) is 18.1 Å². The van der Waals surface area contributed by atoms with Crippen LogP contribution in [0.3, 0.4) is 0 Å². The van der Waals surface area contributed by atoms with Crippen molar-refractivity contribution in [3.05, 3.63) is 89.7 Å². The Morgan fingerprint density at radius 2 is 1.79 bits per heavy atom. The van der Waals surface area contributed by atoms with Crippen LogP contribution in [0.15, 0.2) is 72.9 Å². The van der Waals surface area contributed by atoms with E-state index in [1.165, 1.54) is 10.9 Å². The van der Waals surface area contributed by atoms with Crippen molar-refractivity contribution in [2.75, 3.05) is 11.9 Å². The molecule has 6 heteroatoms. The van der Waals surface area contributed by atoms with E-state index < -0.39 is 0 Å². The second-order valence-corrected chi connectivity index (χ2v) is 6.95. The van der Waals surface area contributed by atoms with Crippen molar-refractivity contribution in [3.8, 4) is 0 Å². The predicted molar refractivity (Wildman–Crippen MR) is 115 cm³/mol. The largest absolute Gasteiger partial charge is 0.362 e. The van der Waals surface area contributed by atoms with Gasteiger partial charge in [0.1, 0.15) is 5.82 Å². The molecule has 0 spiro atoms. The summed E-state index contributed by atoms with van der Waals surface area (Å²) in [6.45, 7) is 2.59. The molecule has 0 radical (unpaired) electrons. The number of carbonyl (C=O) groups is 1. The van der Waals surface area contributed by atoms with Gasteiger partial charge in [-0.25, -0.2) is 0 Å². The maximum atomic E-state index is 12.3. The minimum atomic E-state index is -0.222. The van der Waals surface area contributed by atoms with Gasteiger partial charge in [0.15, 0.2) is 5.69 Å². The Kier molecular flexibility index (Phi) is 5.52. The lowest BCUT2D eigenvalue weighted by atomic mass is 10.1. The van der Waals surface area contributed by atoms with Gasteiger partial charge in [-0.2, -0.15) is 0 Å². The number of aromatic amines is 1. The summed E-state index contributed by atoms with van der Waals surface area (Å²) in [5.74, 6) is 0.414. The lowest BCUT2D eigenvalue weighted by Gasteiger charge is -2.14. The van der Waals surface area contributed by atoms with Gasteiger partial charge in [0.05, 0.1) is 0 Å². The Morgan fingerprint density at radius 3 is 2.59 bits per heavy atom. The van der Waals surface area contributed by atoms with E-state index in [9.17, 15) is 4.79 Å². The fourth-order valence-electron chi connectivity index (χ4n) is 3.32. The zero-order chi connectivity index (χ0) is 20.1. The van der Waals surface area contributed by atoms with E-state index in [1.807, 2.05) is 42.6 Å². The number of para-hydroxylation sites is 1. The first kappa shape index (κ1) is 18.7. The topological polar surface area (TPSA) is 82.7 Å². The lowest BCUT2D eigenvalue weighted by molar-refractivity contribution is 0.0948. The first-order valence-corrected chi connectivity index (χ1v) is 9.69. The van der Waals surface area contributed by atoms with Crippen LogP contribution in [-0.4, -0.2) is 27.6 Å². The van der Waals surface area contributed by atoms with Crippen molar-refractivity contribution in [1.29, 1.82) is 0 Å². The highest BCUT2D eigenvalue weighted by Gasteiger charge is 2.10. The Bertz CT molecular complexity index is 1090. The quantitative estimate of drug-likeness (QED) is 0.447. The summed E-state index contributed by atoms with van der Waals surface area (Å²) >= 11 is 0. The van der Waals surface area contributed by atoms with E-state index in [-0.39, 0.29) is 11.9 Å². The summed E-state index contributed by atoms with van der Waals surface area (Å²) in [6.07, 6.45) is 2.74. The van der Waals surface area contributed by atoms with Gasteiger partial charge in [-0.15, -0.1) is 10.2 Å². The molecule has 3 N–H and O–H groups in total. The molecule has 2 aromatic heterocycles. The number of rotatable bonds is 7. The van der Waals surface area contributed by atoms with E-state index in [0.717, 1.165) is 17.5 Å². The molecule has 0 aliphatic heterocycles. The summed E-state index contributed by atoms with van der Waals surface area (Å²) in [5, 5.41) is 15.6. The highest BCUT2D eigenvalue weighted by Crippen LogP contribution is 2.18. The van der Waals surface area contributed by atoms with Crippen molar-refractivity contribution in [1.82, 2.24) is 20.5 Å². The molecule has 4 rings (SSSR count). The van der Waals surface area contributed by atoms with E-state index in [2.05, 4.69) is 50.9 Å². The zero-order valence-corrected chi connectivity index (χ0v) is 16.2. The number of aromatic nitrogens is 3. The fourth-order valence-corrected chi connectivity index (χ4v) is 3.32. The molecule has 1 unspecified atom stereocenters. The number of nitrogens with one attached hydrogen (secondary N) is 3. The molecule has 0 bridgehead atoms. The smallest absolute Gasteiger partial charge is 0.271 e. The number of nitrogens with zero attached hydrogens (tertiary/aromatic N) is 2. The zero-order valence-electron chi connectivity index (χ0n) is 16.2. The number of hydrogen-bond donors (Lipinski definition) is 3.